The van der Waals surface area contributed by atoms with Crippen molar-refractivity contribution in [2.24, 2.45) is 11.3 Å². The van der Waals surface area contributed by atoms with Gasteiger partial charge < -0.3 is 4.90 Å². The molecule has 2 heterocycles. The van der Waals surface area contributed by atoms with Gasteiger partial charge in [0.25, 0.3) is 0 Å². The van der Waals surface area contributed by atoms with Crippen LogP contribution in [0.15, 0.2) is 30.3 Å². The average molecular weight is 274 g/mol. The monoisotopic (exact) mass is 274 g/mol. The molecule has 2 aliphatic heterocycles. The largest absolute Gasteiger partial charge is 0.342 e. The Morgan fingerprint density at radius 2 is 2.05 bits per heavy atom. The normalized spacial score (nSPS) is 31.9. The number of carbonyl (C=O) groups is 1. The van der Waals surface area contributed by atoms with Gasteiger partial charge in [-0.05, 0) is 5.56 Å². The van der Waals surface area contributed by atoms with E-state index in [1.165, 1.54) is 5.56 Å². The maximum Gasteiger partial charge on any atom is 0.219 e. The highest BCUT2D eigenvalue weighted by Gasteiger charge is 2.50. The van der Waals surface area contributed by atoms with Gasteiger partial charge >= 0.3 is 0 Å². The van der Waals surface area contributed by atoms with Gasteiger partial charge in [-0.1, -0.05) is 44.2 Å². The van der Waals surface area contributed by atoms with E-state index in [4.69, 9.17) is 4.84 Å². The second-order valence-corrected chi connectivity index (χ2v) is 6.60. The van der Waals surface area contributed by atoms with E-state index in [2.05, 4.69) is 31.5 Å². The molecule has 2 saturated heterocycles. The van der Waals surface area contributed by atoms with Crippen molar-refractivity contribution >= 4 is 5.91 Å². The molecule has 2 fully saturated rings. The zero-order chi connectivity index (χ0) is 14.3. The fourth-order valence-corrected chi connectivity index (χ4v) is 3.54. The molecule has 1 aromatic carbocycles. The summed E-state index contributed by atoms with van der Waals surface area (Å²) in [6, 6.07) is 10.5. The predicted molar refractivity (Wildman–Crippen MR) is 76.7 cm³/mol. The van der Waals surface area contributed by atoms with Gasteiger partial charge in [0.1, 0.15) is 6.10 Å². The molecule has 0 radical (unpaired) electrons. The molecule has 0 spiro atoms. The maximum absolute atomic E-state index is 11.8. The molecule has 4 nitrogen and oxygen atoms in total. The molecule has 0 aliphatic carbocycles. The summed E-state index contributed by atoms with van der Waals surface area (Å²) in [4.78, 5) is 19.6. The molecule has 3 rings (SSSR count). The van der Waals surface area contributed by atoms with Gasteiger partial charge in [0.15, 0.2) is 0 Å². The van der Waals surface area contributed by atoms with Crippen LogP contribution in [0.2, 0.25) is 0 Å². The van der Waals surface area contributed by atoms with Gasteiger partial charge in [-0.15, -0.1) is 0 Å². The number of hydroxylamine groups is 1. The highest BCUT2D eigenvalue weighted by Crippen LogP contribution is 2.44. The second kappa shape index (κ2) is 4.86. The number of carbonyl (C=O) groups excluding carboxylic acids is 1. The van der Waals surface area contributed by atoms with Gasteiger partial charge in [0, 0.05) is 37.4 Å². The van der Waals surface area contributed by atoms with Crippen LogP contribution in [-0.2, 0) is 9.63 Å². The van der Waals surface area contributed by atoms with Crippen molar-refractivity contribution in [3.05, 3.63) is 35.9 Å². The van der Waals surface area contributed by atoms with E-state index in [1.807, 2.05) is 23.1 Å². The minimum atomic E-state index is 0.0120. The van der Waals surface area contributed by atoms with Gasteiger partial charge in [-0.3, -0.25) is 9.63 Å². The van der Waals surface area contributed by atoms with Crippen molar-refractivity contribution < 1.29 is 9.63 Å². The molecule has 20 heavy (non-hydrogen) atoms. The number of benzene rings is 1. The van der Waals surface area contributed by atoms with Crippen LogP contribution in [0.3, 0.4) is 0 Å². The van der Waals surface area contributed by atoms with Gasteiger partial charge in [0.2, 0.25) is 5.91 Å². The Hall–Kier alpha value is -1.39. The number of nitrogens with zero attached hydrogens (tertiary/aromatic N) is 1. The zero-order valence-electron chi connectivity index (χ0n) is 12.3. The molecule has 2 aliphatic rings. The molecule has 108 valence electrons. The van der Waals surface area contributed by atoms with Crippen molar-refractivity contribution in [2.45, 2.75) is 32.9 Å². The molecule has 0 unspecified atom stereocenters. The average Bonchev–Trinajstić information content (AvgIpc) is 2.84. The highest BCUT2D eigenvalue weighted by molar-refractivity contribution is 5.73. The third-order valence-electron chi connectivity index (χ3n) is 4.58. The molecule has 1 aromatic rings. The maximum atomic E-state index is 11.8. The van der Waals surface area contributed by atoms with Crippen LogP contribution < -0.4 is 5.48 Å². The van der Waals surface area contributed by atoms with Crippen molar-refractivity contribution in [3.8, 4) is 0 Å². The number of nitrogens with one attached hydrogen (secondary N) is 1. The van der Waals surface area contributed by atoms with Crippen LogP contribution in [0.5, 0.6) is 0 Å². The summed E-state index contributed by atoms with van der Waals surface area (Å²) in [6.07, 6.45) is 0.0163. The molecule has 0 bridgehead atoms. The summed E-state index contributed by atoms with van der Waals surface area (Å²) in [5.41, 5.74) is 4.41. The van der Waals surface area contributed by atoms with Crippen LogP contribution in [-0.4, -0.2) is 29.9 Å². The smallest absolute Gasteiger partial charge is 0.219 e. The Kier molecular flexibility index (Phi) is 3.30. The van der Waals surface area contributed by atoms with Gasteiger partial charge in [0.05, 0.1) is 0 Å². The second-order valence-electron chi connectivity index (χ2n) is 6.60. The molecule has 3 atom stereocenters. The summed E-state index contributed by atoms with van der Waals surface area (Å²) < 4.78 is 0. The lowest BCUT2D eigenvalue weighted by Gasteiger charge is -2.45. The number of likely N-dealkylation sites (tertiary alicyclic amines) is 1. The lowest BCUT2D eigenvalue weighted by Crippen LogP contribution is -2.57. The molecular weight excluding hydrogens is 252 g/mol. The molecule has 1 N–H and O–H groups in total. The Bertz CT molecular complexity index is 500. The SMILES string of the molecule is CC(=O)N1C[C@@H]2[C@@H](NO[C@H]2c2ccccc2)C(C)(C)C1. The minimum Gasteiger partial charge on any atom is -0.342 e. The number of amides is 1. The Morgan fingerprint density at radius 3 is 2.70 bits per heavy atom. The summed E-state index contributed by atoms with van der Waals surface area (Å²) in [7, 11) is 0. The lowest BCUT2D eigenvalue weighted by molar-refractivity contribution is -0.133. The topological polar surface area (TPSA) is 41.6 Å². The van der Waals surface area contributed by atoms with E-state index in [9.17, 15) is 4.79 Å². The van der Waals surface area contributed by atoms with Crippen molar-refractivity contribution in [1.29, 1.82) is 0 Å². The molecule has 4 heteroatoms. The van der Waals surface area contributed by atoms with Crippen molar-refractivity contribution in [3.63, 3.8) is 0 Å². The molecule has 0 saturated carbocycles. The van der Waals surface area contributed by atoms with Crippen LogP contribution in [0, 0.1) is 11.3 Å². The van der Waals surface area contributed by atoms with E-state index >= 15 is 0 Å². The number of hydrogen-bond acceptors (Lipinski definition) is 3. The Morgan fingerprint density at radius 1 is 1.35 bits per heavy atom. The standard InChI is InChI=1S/C16H22N2O2/c1-11(19)18-9-13-14(12-7-5-4-6-8-12)20-17-15(13)16(2,3)10-18/h4-8,13-15,17H,9-10H2,1-3H3/t13-,14-,15+/m0/s1. The summed E-state index contributed by atoms with van der Waals surface area (Å²) >= 11 is 0. The minimum absolute atomic E-state index is 0.0120. The van der Waals surface area contributed by atoms with Crippen LogP contribution in [0.4, 0.5) is 0 Å². The number of fused-ring (bicyclic) bond motifs is 1. The Labute approximate surface area is 120 Å². The molecule has 0 aromatic heterocycles. The lowest BCUT2D eigenvalue weighted by atomic mass is 9.72. The highest BCUT2D eigenvalue weighted by atomic mass is 16.7. The molecule has 1 amide bonds. The molecular formula is C16H22N2O2. The van der Waals surface area contributed by atoms with Crippen LogP contribution >= 0.6 is 0 Å². The van der Waals surface area contributed by atoms with Crippen LogP contribution in [0.25, 0.3) is 0 Å². The fourth-order valence-electron chi connectivity index (χ4n) is 3.54. The van der Waals surface area contributed by atoms with Crippen molar-refractivity contribution in [1.82, 2.24) is 10.4 Å². The first-order chi connectivity index (χ1) is 9.49. The van der Waals surface area contributed by atoms with E-state index in [-0.39, 0.29) is 23.5 Å². The van der Waals surface area contributed by atoms with E-state index < -0.39 is 0 Å². The summed E-state index contributed by atoms with van der Waals surface area (Å²) in [5, 5.41) is 0. The van der Waals surface area contributed by atoms with Crippen molar-refractivity contribution in [2.75, 3.05) is 13.1 Å². The van der Waals surface area contributed by atoms with Crippen LogP contribution in [0.1, 0.15) is 32.4 Å². The third-order valence-corrected chi connectivity index (χ3v) is 4.58. The summed E-state index contributed by atoms with van der Waals surface area (Å²) in [6.45, 7) is 7.58. The van der Waals surface area contributed by atoms with Gasteiger partial charge in [-0.25, -0.2) is 0 Å². The van der Waals surface area contributed by atoms with Gasteiger partial charge in [-0.2, -0.15) is 5.48 Å². The predicted octanol–water partition coefficient (Wildman–Crippen LogP) is 2.14. The first-order valence-corrected chi connectivity index (χ1v) is 7.21. The fraction of sp³-hybridized carbons (Fsp3) is 0.562. The number of rotatable bonds is 1. The number of hydrogen-bond donors (Lipinski definition) is 1. The Balaban J connectivity index is 1.89. The van der Waals surface area contributed by atoms with E-state index in [0.29, 0.717) is 5.92 Å². The van der Waals surface area contributed by atoms with E-state index in [1.54, 1.807) is 6.92 Å². The first-order valence-electron chi connectivity index (χ1n) is 7.21. The zero-order valence-corrected chi connectivity index (χ0v) is 12.3. The summed E-state index contributed by atoms with van der Waals surface area (Å²) in [5.74, 6) is 0.445. The quantitative estimate of drug-likeness (QED) is 0.853. The number of piperidine rings is 1. The third kappa shape index (κ3) is 2.23. The first kappa shape index (κ1) is 13.6. The van der Waals surface area contributed by atoms with E-state index in [0.717, 1.165) is 13.1 Å².